The third-order valence-electron chi connectivity index (χ3n) is 4.45. The van der Waals surface area contributed by atoms with E-state index in [0.29, 0.717) is 47.9 Å². The minimum atomic E-state index is 0.0518. The average Bonchev–Trinajstić information content (AvgIpc) is 3.20. The Morgan fingerprint density at radius 1 is 1.26 bits per heavy atom. The first kappa shape index (κ1) is 17.4. The van der Waals surface area contributed by atoms with Crippen molar-refractivity contribution in [3.8, 4) is 22.7 Å². The fourth-order valence-corrected chi connectivity index (χ4v) is 2.94. The highest BCUT2D eigenvalue weighted by Crippen LogP contribution is 2.33. The van der Waals surface area contributed by atoms with Crippen molar-refractivity contribution >= 4 is 5.91 Å². The number of nitrogens with zero attached hydrogens (tertiary/aromatic N) is 3. The van der Waals surface area contributed by atoms with Gasteiger partial charge in [-0.25, -0.2) is 0 Å². The molecule has 1 saturated carbocycles. The van der Waals surface area contributed by atoms with Gasteiger partial charge in [-0.1, -0.05) is 35.5 Å². The van der Waals surface area contributed by atoms with E-state index in [1.165, 1.54) is 0 Å². The molecular weight excluding hydrogens is 346 g/mol. The Kier molecular flexibility index (Phi) is 4.72. The molecule has 1 atom stereocenters. The standard InChI is InChI=1S/C19H21N5O3/c1-12-17(18(23-27-12)13-6-4-3-5-7-13)19-22-21-16(26-19)11-24(2)10-15(25)20-14-8-9-14/h3-7,14H,8-11H2,1-2H3,(H,20,25)/p+1. The Bertz CT molecular complexity index is 930. The van der Waals surface area contributed by atoms with Gasteiger partial charge in [0, 0.05) is 11.6 Å². The molecule has 0 aliphatic heterocycles. The largest absolute Gasteiger partial charge is 0.415 e. The maximum Gasteiger partial charge on any atom is 0.275 e. The van der Waals surface area contributed by atoms with E-state index in [-0.39, 0.29) is 5.91 Å². The van der Waals surface area contributed by atoms with Crippen LogP contribution >= 0.6 is 0 Å². The van der Waals surface area contributed by atoms with Crippen LogP contribution in [0.25, 0.3) is 22.7 Å². The van der Waals surface area contributed by atoms with Gasteiger partial charge < -0.3 is 19.2 Å². The number of nitrogens with one attached hydrogen (secondary N) is 2. The quantitative estimate of drug-likeness (QED) is 0.645. The number of carbonyl (C=O) groups is 1. The molecule has 8 nitrogen and oxygen atoms in total. The van der Waals surface area contributed by atoms with Crippen LogP contribution in [-0.2, 0) is 11.3 Å². The molecule has 8 heteroatoms. The molecule has 0 bridgehead atoms. The van der Waals surface area contributed by atoms with Crippen molar-refractivity contribution in [1.29, 1.82) is 0 Å². The molecule has 0 spiro atoms. The van der Waals surface area contributed by atoms with Crippen LogP contribution in [0, 0.1) is 6.92 Å². The summed E-state index contributed by atoms with van der Waals surface area (Å²) in [6, 6.07) is 10.1. The highest BCUT2D eigenvalue weighted by molar-refractivity contribution is 5.78. The summed E-state index contributed by atoms with van der Waals surface area (Å²) in [5.74, 6) is 1.52. The van der Waals surface area contributed by atoms with Gasteiger partial charge in [0.1, 0.15) is 17.0 Å². The monoisotopic (exact) mass is 368 g/mol. The zero-order valence-electron chi connectivity index (χ0n) is 15.4. The molecule has 2 heterocycles. The van der Waals surface area contributed by atoms with E-state index in [4.69, 9.17) is 8.94 Å². The number of hydrogen-bond acceptors (Lipinski definition) is 6. The fraction of sp³-hybridized carbons (Fsp3) is 0.368. The highest BCUT2D eigenvalue weighted by atomic mass is 16.5. The van der Waals surface area contributed by atoms with Gasteiger partial charge in [-0.15, -0.1) is 10.2 Å². The number of quaternary nitrogens is 1. The van der Waals surface area contributed by atoms with Gasteiger partial charge >= 0.3 is 0 Å². The van der Waals surface area contributed by atoms with Crippen LogP contribution in [0.5, 0.6) is 0 Å². The maximum absolute atomic E-state index is 11.9. The van der Waals surface area contributed by atoms with Crippen molar-refractivity contribution in [3.05, 3.63) is 42.0 Å². The molecule has 4 rings (SSSR count). The summed E-state index contributed by atoms with van der Waals surface area (Å²) in [6.45, 7) is 2.66. The summed E-state index contributed by atoms with van der Waals surface area (Å²) in [7, 11) is 1.93. The number of carbonyl (C=O) groups excluding carboxylic acids is 1. The molecule has 0 radical (unpaired) electrons. The number of aryl methyl sites for hydroxylation is 1. The summed E-state index contributed by atoms with van der Waals surface area (Å²) >= 11 is 0. The van der Waals surface area contributed by atoms with Gasteiger partial charge in [-0.3, -0.25) is 4.79 Å². The van der Waals surface area contributed by atoms with Crippen molar-refractivity contribution in [2.45, 2.75) is 32.4 Å². The predicted molar refractivity (Wildman–Crippen MR) is 96.6 cm³/mol. The molecule has 2 N–H and O–H groups in total. The Morgan fingerprint density at radius 2 is 2.04 bits per heavy atom. The molecule has 1 aliphatic rings. The number of aromatic nitrogens is 3. The minimum Gasteiger partial charge on any atom is -0.415 e. The summed E-state index contributed by atoms with van der Waals surface area (Å²) in [5.41, 5.74) is 2.29. The second-order valence-electron chi connectivity index (χ2n) is 6.98. The van der Waals surface area contributed by atoms with Crippen molar-refractivity contribution in [3.63, 3.8) is 0 Å². The summed E-state index contributed by atoms with van der Waals surface area (Å²) < 4.78 is 11.2. The molecule has 1 aromatic carbocycles. The lowest BCUT2D eigenvalue weighted by Crippen LogP contribution is -3.09. The predicted octanol–water partition coefficient (Wildman–Crippen LogP) is 0.993. The van der Waals surface area contributed by atoms with Gasteiger partial charge in [0.05, 0.1) is 7.05 Å². The van der Waals surface area contributed by atoms with E-state index < -0.39 is 0 Å². The minimum absolute atomic E-state index is 0.0518. The third-order valence-corrected chi connectivity index (χ3v) is 4.45. The number of rotatable bonds is 7. The molecular formula is C19H22N5O3+. The van der Waals surface area contributed by atoms with Crippen LogP contribution in [0.2, 0.25) is 0 Å². The van der Waals surface area contributed by atoms with Crippen molar-refractivity contribution < 1.29 is 18.6 Å². The molecule has 1 unspecified atom stereocenters. The Morgan fingerprint density at radius 3 is 2.78 bits per heavy atom. The van der Waals surface area contributed by atoms with Crippen molar-refractivity contribution in [2.24, 2.45) is 0 Å². The average molecular weight is 368 g/mol. The lowest BCUT2D eigenvalue weighted by atomic mass is 10.1. The molecule has 1 amide bonds. The van der Waals surface area contributed by atoms with Crippen LogP contribution in [0.4, 0.5) is 0 Å². The lowest BCUT2D eigenvalue weighted by molar-refractivity contribution is -0.886. The Hall–Kier alpha value is -3.00. The van der Waals surface area contributed by atoms with Gasteiger partial charge in [0.15, 0.2) is 13.1 Å². The van der Waals surface area contributed by atoms with E-state index in [1.807, 2.05) is 44.3 Å². The summed E-state index contributed by atoms with van der Waals surface area (Å²) in [6.07, 6.45) is 2.17. The molecule has 1 aliphatic carbocycles. The SMILES string of the molecule is Cc1onc(-c2ccccc2)c1-c1nnc(C[NH+](C)CC(=O)NC2CC2)o1. The van der Waals surface area contributed by atoms with E-state index in [0.717, 1.165) is 23.3 Å². The van der Waals surface area contributed by atoms with Crippen LogP contribution in [0.3, 0.4) is 0 Å². The second-order valence-corrected chi connectivity index (χ2v) is 6.98. The normalized spacial score (nSPS) is 14.9. The summed E-state index contributed by atoms with van der Waals surface area (Å²) in [5, 5.41) is 15.4. The first-order valence-electron chi connectivity index (χ1n) is 9.05. The number of likely N-dealkylation sites (N-methyl/N-ethyl adjacent to an activating group) is 1. The number of hydrogen-bond donors (Lipinski definition) is 2. The van der Waals surface area contributed by atoms with E-state index in [2.05, 4.69) is 20.7 Å². The molecule has 1 fully saturated rings. The molecule has 27 heavy (non-hydrogen) atoms. The molecule has 0 saturated heterocycles. The van der Waals surface area contributed by atoms with E-state index >= 15 is 0 Å². The Labute approximate surface area is 156 Å². The van der Waals surface area contributed by atoms with Gasteiger partial charge in [-0.05, 0) is 19.8 Å². The molecule has 140 valence electrons. The third kappa shape index (κ3) is 4.06. The zero-order valence-corrected chi connectivity index (χ0v) is 15.4. The molecule has 2 aromatic heterocycles. The van der Waals surface area contributed by atoms with Crippen LogP contribution in [-0.4, -0.2) is 40.9 Å². The van der Waals surface area contributed by atoms with Gasteiger partial charge in [0.25, 0.3) is 17.7 Å². The first-order chi connectivity index (χ1) is 13.1. The number of amides is 1. The highest BCUT2D eigenvalue weighted by Gasteiger charge is 2.26. The van der Waals surface area contributed by atoms with Gasteiger partial charge in [0.2, 0.25) is 0 Å². The Balaban J connectivity index is 1.48. The zero-order chi connectivity index (χ0) is 18.8. The van der Waals surface area contributed by atoms with Gasteiger partial charge in [-0.2, -0.15) is 0 Å². The van der Waals surface area contributed by atoms with Crippen molar-refractivity contribution in [2.75, 3.05) is 13.6 Å². The van der Waals surface area contributed by atoms with Crippen LogP contribution < -0.4 is 10.2 Å². The smallest absolute Gasteiger partial charge is 0.275 e. The van der Waals surface area contributed by atoms with Crippen LogP contribution in [0.1, 0.15) is 24.5 Å². The summed E-state index contributed by atoms with van der Waals surface area (Å²) in [4.78, 5) is 12.9. The van der Waals surface area contributed by atoms with E-state index in [9.17, 15) is 4.79 Å². The maximum atomic E-state index is 11.9. The second kappa shape index (κ2) is 7.32. The van der Waals surface area contributed by atoms with Crippen LogP contribution in [0.15, 0.2) is 39.3 Å². The first-order valence-corrected chi connectivity index (χ1v) is 9.05. The van der Waals surface area contributed by atoms with Crippen molar-refractivity contribution in [1.82, 2.24) is 20.7 Å². The number of benzene rings is 1. The lowest BCUT2D eigenvalue weighted by Gasteiger charge is -2.11. The fourth-order valence-electron chi connectivity index (χ4n) is 2.94. The topological polar surface area (TPSA) is 98.5 Å². The molecule has 3 aromatic rings. The van der Waals surface area contributed by atoms with E-state index in [1.54, 1.807) is 0 Å².